The summed E-state index contributed by atoms with van der Waals surface area (Å²) in [5, 5.41) is 7.37. The minimum atomic E-state index is -0.325. The van der Waals surface area contributed by atoms with Gasteiger partial charge >= 0.3 is 0 Å². The van der Waals surface area contributed by atoms with Crippen LogP contribution in [0.2, 0.25) is 0 Å². The Balaban J connectivity index is 2.59. The molecule has 0 bridgehead atoms. The van der Waals surface area contributed by atoms with Crippen LogP contribution in [0.15, 0.2) is 35.1 Å². The van der Waals surface area contributed by atoms with Crippen LogP contribution in [-0.2, 0) is 0 Å². The standard InChI is InChI=1S/C8H5BrFN3/c9-8-5-11-12-13(8)7-4-2-1-3-6(7)10/h1-5H. The molecule has 66 valence electrons. The predicted octanol–water partition coefficient (Wildman–Crippen LogP) is 2.17. The van der Waals surface area contributed by atoms with Gasteiger partial charge in [0.15, 0.2) is 0 Å². The van der Waals surface area contributed by atoms with Gasteiger partial charge in [0, 0.05) is 0 Å². The van der Waals surface area contributed by atoms with Gasteiger partial charge in [-0.05, 0) is 28.1 Å². The second kappa shape index (κ2) is 3.26. The van der Waals surface area contributed by atoms with Gasteiger partial charge in [0.1, 0.15) is 16.1 Å². The van der Waals surface area contributed by atoms with Crippen molar-refractivity contribution in [1.82, 2.24) is 15.0 Å². The molecule has 13 heavy (non-hydrogen) atoms. The molecule has 0 saturated heterocycles. The van der Waals surface area contributed by atoms with Gasteiger partial charge in [-0.1, -0.05) is 17.3 Å². The smallest absolute Gasteiger partial charge is 0.148 e. The summed E-state index contributed by atoms with van der Waals surface area (Å²) >= 11 is 3.21. The molecule has 1 aromatic heterocycles. The first-order valence-electron chi connectivity index (χ1n) is 3.60. The fourth-order valence-electron chi connectivity index (χ4n) is 1.01. The number of hydrogen-bond acceptors (Lipinski definition) is 2. The van der Waals surface area contributed by atoms with Crippen molar-refractivity contribution in [3.63, 3.8) is 0 Å². The molecule has 0 aliphatic heterocycles. The van der Waals surface area contributed by atoms with Crippen molar-refractivity contribution < 1.29 is 4.39 Å². The highest BCUT2D eigenvalue weighted by atomic mass is 79.9. The van der Waals surface area contributed by atoms with Crippen LogP contribution in [0.5, 0.6) is 0 Å². The average molecular weight is 242 g/mol. The van der Waals surface area contributed by atoms with Crippen molar-refractivity contribution in [2.45, 2.75) is 0 Å². The number of nitrogens with zero attached hydrogens (tertiary/aromatic N) is 3. The molecule has 1 aromatic carbocycles. The number of rotatable bonds is 1. The fraction of sp³-hybridized carbons (Fsp3) is 0. The SMILES string of the molecule is Fc1ccccc1-n1nncc1Br. The van der Waals surface area contributed by atoms with E-state index < -0.39 is 0 Å². The van der Waals surface area contributed by atoms with E-state index in [1.807, 2.05) is 0 Å². The molecule has 3 nitrogen and oxygen atoms in total. The summed E-state index contributed by atoms with van der Waals surface area (Å²) in [5.74, 6) is -0.325. The first-order chi connectivity index (χ1) is 6.29. The lowest BCUT2D eigenvalue weighted by atomic mass is 10.3. The minimum absolute atomic E-state index is 0.325. The molecule has 0 atom stereocenters. The summed E-state index contributed by atoms with van der Waals surface area (Å²) in [6, 6.07) is 6.38. The molecule has 0 aliphatic rings. The number of para-hydroxylation sites is 1. The number of benzene rings is 1. The number of aromatic nitrogens is 3. The van der Waals surface area contributed by atoms with E-state index in [2.05, 4.69) is 26.2 Å². The molecular formula is C8H5BrFN3. The number of halogens is 2. The van der Waals surface area contributed by atoms with Crippen LogP contribution in [-0.4, -0.2) is 15.0 Å². The van der Waals surface area contributed by atoms with E-state index in [0.29, 0.717) is 10.3 Å². The summed E-state index contributed by atoms with van der Waals surface area (Å²) < 4.78 is 15.2. The minimum Gasteiger partial charge on any atom is -0.205 e. The van der Waals surface area contributed by atoms with Crippen LogP contribution in [0.1, 0.15) is 0 Å². The van der Waals surface area contributed by atoms with Crippen LogP contribution in [0.25, 0.3) is 5.69 Å². The van der Waals surface area contributed by atoms with Gasteiger partial charge in [0.05, 0.1) is 6.20 Å². The first-order valence-corrected chi connectivity index (χ1v) is 4.39. The van der Waals surface area contributed by atoms with Gasteiger partial charge in [-0.2, -0.15) is 0 Å². The quantitative estimate of drug-likeness (QED) is 0.767. The molecule has 0 aliphatic carbocycles. The maximum Gasteiger partial charge on any atom is 0.148 e. The first kappa shape index (κ1) is 8.37. The summed E-state index contributed by atoms with van der Waals surface area (Å²) in [6.07, 6.45) is 1.51. The highest BCUT2D eigenvalue weighted by Gasteiger charge is 2.06. The molecule has 0 fully saturated rings. The van der Waals surface area contributed by atoms with Crippen LogP contribution in [0, 0.1) is 5.82 Å². The van der Waals surface area contributed by atoms with Gasteiger partial charge in [-0.25, -0.2) is 9.07 Å². The topological polar surface area (TPSA) is 30.7 Å². The second-order valence-corrected chi connectivity index (χ2v) is 3.23. The summed E-state index contributed by atoms with van der Waals surface area (Å²) in [6.45, 7) is 0. The summed E-state index contributed by atoms with van der Waals surface area (Å²) in [4.78, 5) is 0. The molecule has 0 spiro atoms. The van der Waals surface area contributed by atoms with E-state index in [-0.39, 0.29) is 5.82 Å². The zero-order valence-corrected chi connectivity index (χ0v) is 8.07. The Morgan fingerprint density at radius 1 is 1.31 bits per heavy atom. The lowest BCUT2D eigenvalue weighted by Crippen LogP contribution is -1.99. The highest BCUT2D eigenvalue weighted by molar-refractivity contribution is 9.10. The van der Waals surface area contributed by atoms with Crippen molar-refractivity contribution in [3.05, 3.63) is 40.9 Å². The highest BCUT2D eigenvalue weighted by Crippen LogP contribution is 2.16. The molecule has 0 saturated carbocycles. The van der Waals surface area contributed by atoms with Crippen LogP contribution < -0.4 is 0 Å². The lowest BCUT2D eigenvalue weighted by Gasteiger charge is -2.01. The van der Waals surface area contributed by atoms with Gasteiger partial charge < -0.3 is 0 Å². The largest absolute Gasteiger partial charge is 0.205 e. The Morgan fingerprint density at radius 2 is 2.08 bits per heavy atom. The van der Waals surface area contributed by atoms with E-state index in [1.165, 1.54) is 16.9 Å². The molecule has 2 rings (SSSR count). The predicted molar refractivity (Wildman–Crippen MR) is 49.0 cm³/mol. The fourth-order valence-corrected chi connectivity index (χ4v) is 1.36. The average Bonchev–Trinajstić information content (AvgIpc) is 2.52. The van der Waals surface area contributed by atoms with Crippen molar-refractivity contribution in [2.24, 2.45) is 0 Å². The molecule has 1 heterocycles. The zero-order valence-electron chi connectivity index (χ0n) is 6.48. The third-order valence-electron chi connectivity index (χ3n) is 1.59. The molecule has 5 heteroatoms. The van der Waals surface area contributed by atoms with E-state index in [1.54, 1.807) is 18.2 Å². The van der Waals surface area contributed by atoms with Crippen LogP contribution in [0.4, 0.5) is 4.39 Å². The van der Waals surface area contributed by atoms with Gasteiger partial charge in [0.25, 0.3) is 0 Å². The lowest BCUT2D eigenvalue weighted by molar-refractivity contribution is 0.605. The molecule has 0 amide bonds. The van der Waals surface area contributed by atoms with Gasteiger partial charge in [-0.3, -0.25) is 0 Å². The normalized spacial score (nSPS) is 10.3. The number of hydrogen-bond donors (Lipinski definition) is 0. The van der Waals surface area contributed by atoms with E-state index >= 15 is 0 Å². The molecule has 2 aromatic rings. The van der Waals surface area contributed by atoms with Gasteiger partial charge in [-0.15, -0.1) is 5.10 Å². The van der Waals surface area contributed by atoms with Crippen LogP contribution >= 0.6 is 15.9 Å². The molecular weight excluding hydrogens is 237 g/mol. The van der Waals surface area contributed by atoms with Crippen molar-refractivity contribution in [3.8, 4) is 5.69 Å². The third-order valence-corrected chi connectivity index (χ3v) is 2.13. The Hall–Kier alpha value is -1.23. The third kappa shape index (κ3) is 1.47. The molecule has 0 unspecified atom stereocenters. The van der Waals surface area contributed by atoms with Crippen molar-refractivity contribution >= 4 is 15.9 Å². The Kier molecular flexibility index (Phi) is 2.10. The Morgan fingerprint density at radius 3 is 2.69 bits per heavy atom. The molecule has 0 radical (unpaired) electrons. The van der Waals surface area contributed by atoms with Crippen LogP contribution in [0.3, 0.4) is 0 Å². The maximum atomic E-state index is 13.2. The second-order valence-electron chi connectivity index (χ2n) is 2.42. The Bertz CT molecular complexity index is 427. The summed E-state index contributed by atoms with van der Waals surface area (Å²) in [5.41, 5.74) is 0.381. The summed E-state index contributed by atoms with van der Waals surface area (Å²) in [7, 11) is 0. The van der Waals surface area contributed by atoms with E-state index in [0.717, 1.165) is 0 Å². The van der Waals surface area contributed by atoms with Gasteiger partial charge in [0.2, 0.25) is 0 Å². The van der Waals surface area contributed by atoms with E-state index in [9.17, 15) is 4.39 Å². The van der Waals surface area contributed by atoms with E-state index in [4.69, 9.17) is 0 Å². The Labute approximate surface area is 82.3 Å². The van der Waals surface area contributed by atoms with Crippen molar-refractivity contribution in [2.75, 3.05) is 0 Å². The molecule has 0 N–H and O–H groups in total. The zero-order chi connectivity index (χ0) is 9.26. The van der Waals surface area contributed by atoms with Crippen molar-refractivity contribution in [1.29, 1.82) is 0 Å². The monoisotopic (exact) mass is 241 g/mol. The maximum absolute atomic E-state index is 13.2.